The predicted octanol–water partition coefficient (Wildman–Crippen LogP) is 3.66. The first-order chi connectivity index (χ1) is 9.43. The third-order valence-electron chi connectivity index (χ3n) is 4.24. The summed E-state index contributed by atoms with van der Waals surface area (Å²) >= 11 is 6.00. The Bertz CT molecular complexity index is 645. The molecule has 5 heteroatoms. The summed E-state index contributed by atoms with van der Waals surface area (Å²) in [7, 11) is 1.90. The molecule has 0 bridgehead atoms. The number of aryl methyl sites for hydroxylation is 1. The molecule has 1 heterocycles. The van der Waals surface area contributed by atoms with Crippen LogP contribution in [0.25, 0.3) is 11.0 Å². The standard InChI is InChI=1S/C15H19ClN2O2/c1-4-15(5-2,14(19)20)9-13-17-11-7-6-10(16)8-12(11)18(13)3/h6-8H,4-5,9H2,1-3H3,(H,19,20). The molecule has 0 spiro atoms. The van der Waals surface area contributed by atoms with Gasteiger partial charge in [-0.1, -0.05) is 25.4 Å². The zero-order chi connectivity index (χ0) is 14.9. The second-order valence-electron chi connectivity index (χ2n) is 5.19. The van der Waals surface area contributed by atoms with Crippen molar-refractivity contribution in [1.29, 1.82) is 0 Å². The van der Waals surface area contributed by atoms with Crippen LogP contribution in [0.2, 0.25) is 5.02 Å². The lowest BCUT2D eigenvalue weighted by Gasteiger charge is -2.26. The Morgan fingerprint density at radius 3 is 2.60 bits per heavy atom. The summed E-state index contributed by atoms with van der Waals surface area (Å²) in [5, 5.41) is 10.2. The highest BCUT2D eigenvalue weighted by atomic mass is 35.5. The van der Waals surface area contributed by atoms with Gasteiger partial charge in [-0.3, -0.25) is 4.79 Å². The molecule has 1 aromatic heterocycles. The van der Waals surface area contributed by atoms with E-state index in [0.717, 1.165) is 16.9 Å². The van der Waals surface area contributed by atoms with Crippen molar-refractivity contribution in [3.8, 4) is 0 Å². The van der Waals surface area contributed by atoms with Crippen LogP contribution in [-0.4, -0.2) is 20.6 Å². The van der Waals surface area contributed by atoms with E-state index >= 15 is 0 Å². The van der Waals surface area contributed by atoms with Crippen molar-refractivity contribution >= 4 is 28.6 Å². The predicted molar refractivity (Wildman–Crippen MR) is 80.1 cm³/mol. The molecule has 0 atom stereocenters. The van der Waals surface area contributed by atoms with E-state index in [2.05, 4.69) is 4.98 Å². The average molecular weight is 295 g/mol. The zero-order valence-electron chi connectivity index (χ0n) is 12.0. The summed E-state index contributed by atoms with van der Waals surface area (Å²) in [6, 6.07) is 5.51. The molecule has 0 unspecified atom stereocenters. The molecular formula is C15H19ClN2O2. The van der Waals surface area contributed by atoms with Crippen molar-refractivity contribution in [3.05, 3.63) is 29.0 Å². The first kappa shape index (κ1) is 14.9. The molecule has 0 saturated carbocycles. The maximum atomic E-state index is 11.6. The molecule has 0 amide bonds. The molecule has 0 fully saturated rings. The van der Waals surface area contributed by atoms with Crippen molar-refractivity contribution in [2.24, 2.45) is 12.5 Å². The van der Waals surface area contributed by atoms with Crippen molar-refractivity contribution < 1.29 is 9.90 Å². The first-order valence-corrected chi connectivity index (χ1v) is 7.15. The van der Waals surface area contributed by atoms with Crippen LogP contribution >= 0.6 is 11.6 Å². The number of rotatable bonds is 5. The molecular weight excluding hydrogens is 276 g/mol. The fraction of sp³-hybridized carbons (Fsp3) is 0.467. The molecule has 0 radical (unpaired) electrons. The van der Waals surface area contributed by atoms with E-state index in [-0.39, 0.29) is 0 Å². The van der Waals surface area contributed by atoms with Crippen molar-refractivity contribution in [2.45, 2.75) is 33.1 Å². The normalized spacial score (nSPS) is 12.0. The topological polar surface area (TPSA) is 55.1 Å². The van der Waals surface area contributed by atoms with E-state index in [1.807, 2.05) is 37.6 Å². The van der Waals surface area contributed by atoms with Crippen LogP contribution in [0.3, 0.4) is 0 Å². The highest BCUT2D eigenvalue weighted by molar-refractivity contribution is 6.31. The fourth-order valence-electron chi connectivity index (χ4n) is 2.55. The first-order valence-electron chi connectivity index (χ1n) is 6.77. The van der Waals surface area contributed by atoms with Gasteiger partial charge in [0.25, 0.3) is 0 Å². The number of nitrogens with zero attached hydrogens (tertiary/aromatic N) is 2. The Morgan fingerprint density at radius 1 is 1.40 bits per heavy atom. The highest BCUT2D eigenvalue weighted by Gasteiger charge is 2.36. The number of aliphatic carboxylic acids is 1. The third kappa shape index (κ3) is 2.40. The van der Waals surface area contributed by atoms with Gasteiger partial charge in [-0.2, -0.15) is 0 Å². The monoisotopic (exact) mass is 294 g/mol. The van der Waals surface area contributed by atoms with Crippen LogP contribution in [-0.2, 0) is 18.3 Å². The molecule has 0 aliphatic heterocycles. The summed E-state index contributed by atoms with van der Waals surface area (Å²) in [5.74, 6) is 0.0287. The fourth-order valence-corrected chi connectivity index (χ4v) is 2.72. The number of imidazole rings is 1. The van der Waals surface area contributed by atoms with Gasteiger partial charge in [-0.25, -0.2) is 4.98 Å². The molecule has 4 nitrogen and oxygen atoms in total. The van der Waals surface area contributed by atoms with Gasteiger partial charge in [0.05, 0.1) is 16.4 Å². The minimum absolute atomic E-state index is 0.429. The van der Waals surface area contributed by atoms with Gasteiger partial charge in [0.1, 0.15) is 5.82 Å². The van der Waals surface area contributed by atoms with Crippen molar-refractivity contribution in [2.75, 3.05) is 0 Å². The number of carbonyl (C=O) groups is 1. The molecule has 108 valence electrons. The summed E-state index contributed by atoms with van der Waals surface area (Å²) in [6.45, 7) is 3.83. The van der Waals surface area contributed by atoms with E-state index < -0.39 is 11.4 Å². The van der Waals surface area contributed by atoms with Crippen LogP contribution in [0.4, 0.5) is 0 Å². The lowest BCUT2D eigenvalue weighted by atomic mass is 9.79. The summed E-state index contributed by atoms with van der Waals surface area (Å²) < 4.78 is 1.93. The maximum Gasteiger partial charge on any atom is 0.310 e. The molecule has 0 aliphatic rings. The molecule has 2 rings (SSSR count). The minimum atomic E-state index is -0.757. The van der Waals surface area contributed by atoms with Gasteiger partial charge in [0.15, 0.2) is 0 Å². The lowest BCUT2D eigenvalue weighted by molar-refractivity contribution is -0.149. The van der Waals surface area contributed by atoms with Crippen molar-refractivity contribution in [3.63, 3.8) is 0 Å². The van der Waals surface area contributed by atoms with Gasteiger partial charge in [-0.15, -0.1) is 0 Å². The number of hydrogen-bond acceptors (Lipinski definition) is 2. The zero-order valence-corrected chi connectivity index (χ0v) is 12.7. The Hall–Kier alpha value is -1.55. The minimum Gasteiger partial charge on any atom is -0.481 e. The highest BCUT2D eigenvalue weighted by Crippen LogP contribution is 2.32. The number of carboxylic acids is 1. The van der Waals surface area contributed by atoms with Crippen LogP contribution in [0, 0.1) is 5.41 Å². The third-order valence-corrected chi connectivity index (χ3v) is 4.47. The molecule has 0 aliphatic carbocycles. The maximum absolute atomic E-state index is 11.6. The SMILES string of the molecule is CCC(CC)(Cc1nc2ccc(Cl)cc2n1C)C(=O)O. The number of hydrogen-bond donors (Lipinski definition) is 1. The largest absolute Gasteiger partial charge is 0.481 e. The van der Waals surface area contributed by atoms with Crippen molar-refractivity contribution in [1.82, 2.24) is 9.55 Å². The van der Waals surface area contributed by atoms with Crippen LogP contribution in [0.5, 0.6) is 0 Å². The van der Waals surface area contributed by atoms with Gasteiger partial charge < -0.3 is 9.67 Å². The second kappa shape index (κ2) is 5.44. The van der Waals surface area contributed by atoms with Crippen LogP contribution in [0.1, 0.15) is 32.5 Å². The molecule has 1 aromatic carbocycles. The van der Waals surface area contributed by atoms with E-state index in [1.165, 1.54) is 0 Å². The number of benzene rings is 1. The van der Waals surface area contributed by atoms with Crippen LogP contribution in [0.15, 0.2) is 18.2 Å². The Balaban J connectivity index is 2.48. The Kier molecular flexibility index (Phi) is 4.04. The lowest BCUT2D eigenvalue weighted by Crippen LogP contribution is -2.33. The number of halogens is 1. The summed E-state index contributed by atoms with van der Waals surface area (Å²) in [4.78, 5) is 16.2. The Morgan fingerprint density at radius 2 is 2.05 bits per heavy atom. The van der Waals surface area contributed by atoms with Gasteiger partial charge in [0.2, 0.25) is 0 Å². The quantitative estimate of drug-likeness (QED) is 0.915. The smallest absolute Gasteiger partial charge is 0.310 e. The molecule has 20 heavy (non-hydrogen) atoms. The Labute approximate surface area is 123 Å². The van der Waals surface area contributed by atoms with E-state index in [0.29, 0.717) is 24.3 Å². The molecule has 0 saturated heterocycles. The van der Waals surface area contributed by atoms with E-state index in [9.17, 15) is 9.90 Å². The summed E-state index contributed by atoms with van der Waals surface area (Å²) in [5.41, 5.74) is 1.02. The molecule has 2 aromatic rings. The van der Waals surface area contributed by atoms with Gasteiger partial charge in [0, 0.05) is 18.5 Å². The van der Waals surface area contributed by atoms with Gasteiger partial charge >= 0.3 is 5.97 Å². The number of fused-ring (bicyclic) bond motifs is 1. The summed E-state index contributed by atoms with van der Waals surface area (Å²) in [6.07, 6.45) is 1.60. The average Bonchev–Trinajstić information content (AvgIpc) is 2.72. The second-order valence-corrected chi connectivity index (χ2v) is 5.63. The van der Waals surface area contributed by atoms with E-state index in [4.69, 9.17) is 11.6 Å². The number of carboxylic acid groups (broad SMARTS) is 1. The molecule has 1 N–H and O–H groups in total. The van der Waals surface area contributed by atoms with Crippen LogP contribution < -0.4 is 0 Å². The van der Waals surface area contributed by atoms with Gasteiger partial charge in [-0.05, 0) is 31.0 Å². The number of aromatic nitrogens is 2. The van der Waals surface area contributed by atoms with E-state index in [1.54, 1.807) is 6.07 Å².